The van der Waals surface area contributed by atoms with Crippen molar-refractivity contribution in [2.45, 2.75) is 34.1 Å². The van der Waals surface area contributed by atoms with Crippen molar-refractivity contribution in [3.8, 4) is 5.75 Å². The molecule has 0 spiro atoms. The zero-order valence-corrected chi connectivity index (χ0v) is 13.1. The lowest BCUT2D eigenvalue weighted by Crippen LogP contribution is -2.24. The number of nitrogens with one attached hydrogen (secondary N) is 1. The van der Waals surface area contributed by atoms with Crippen molar-refractivity contribution in [2.75, 3.05) is 0 Å². The van der Waals surface area contributed by atoms with Crippen molar-refractivity contribution in [1.82, 2.24) is 5.32 Å². The van der Waals surface area contributed by atoms with E-state index < -0.39 is 6.09 Å². The van der Waals surface area contributed by atoms with E-state index in [-0.39, 0.29) is 0 Å². The monoisotopic (exact) mass is 285 g/mol. The molecule has 0 unspecified atom stereocenters. The van der Waals surface area contributed by atoms with E-state index >= 15 is 0 Å². The molecule has 1 amide bonds. The highest BCUT2D eigenvalue weighted by atomic mass is 16.6. The molecule has 1 rings (SSSR count). The van der Waals surface area contributed by atoms with Gasteiger partial charge in [0.15, 0.2) is 0 Å². The van der Waals surface area contributed by atoms with Gasteiger partial charge in [-0.05, 0) is 51.0 Å². The summed E-state index contributed by atoms with van der Waals surface area (Å²) in [6.45, 7) is 8.07. The average molecular weight is 285 g/mol. The molecule has 112 valence electrons. The van der Waals surface area contributed by atoms with Crippen LogP contribution in [0.3, 0.4) is 0 Å². The number of para-hydroxylation sites is 1. The first-order valence-electron chi connectivity index (χ1n) is 7.09. The lowest BCUT2D eigenvalue weighted by Gasteiger charge is -2.06. The normalized spacial score (nSPS) is 13.0. The van der Waals surface area contributed by atoms with Crippen molar-refractivity contribution < 1.29 is 9.53 Å². The van der Waals surface area contributed by atoms with Crippen molar-refractivity contribution in [3.63, 3.8) is 0 Å². The van der Waals surface area contributed by atoms with Crippen molar-refractivity contribution in [3.05, 3.63) is 65.4 Å². The van der Waals surface area contributed by atoms with E-state index in [0.29, 0.717) is 5.75 Å². The maximum atomic E-state index is 11.7. The molecule has 0 aromatic heterocycles. The third-order valence-electron chi connectivity index (χ3n) is 2.97. The molecule has 21 heavy (non-hydrogen) atoms. The second kappa shape index (κ2) is 8.80. The number of allylic oxidation sites excluding steroid dienone is 6. The van der Waals surface area contributed by atoms with Gasteiger partial charge in [-0.15, -0.1) is 0 Å². The van der Waals surface area contributed by atoms with Crippen LogP contribution in [0.5, 0.6) is 5.75 Å². The summed E-state index contributed by atoms with van der Waals surface area (Å²) >= 11 is 0. The number of amides is 1. The minimum atomic E-state index is -0.484. The van der Waals surface area contributed by atoms with Crippen LogP contribution in [0.15, 0.2) is 65.4 Å². The Morgan fingerprint density at radius 2 is 1.76 bits per heavy atom. The number of ether oxygens (including phenoxy) is 1. The summed E-state index contributed by atoms with van der Waals surface area (Å²) in [4.78, 5) is 11.7. The Labute approximate surface area is 127 Å². The molecule has 0 heterocycles. The van der Waals surface area contributed by atoms with E-state index in [1.165, 1.54) is 11.1 Å². The highest BCUT2D eigenvalue weighted by Gasteiger charge is 2.03. The van der Waals surface area contributed by atoms with Crippen LogP contribution >= 0.6 is 0 Å². The quantitative estimate of drug-likeness (QED) is 0.775. The van der Waals surface area contributed by atoms with E-state index in [2.05, 4.69) is 25.2 Å². The van der Waals surface area contributed by atoms with E-state index in [1.54, 1.807) is 12.1 Å². The highest BCUT2D eigenvalue weighted by Crippen LogP contribution is 2.10. The number of hydrogen-bond acceptors (Lipinski definition) is 2. The van der Waals surface area contributed by atoms with Gasteiger partial charge in [-0.25, -0.2) is 4.79 Å². The van der Waals surface area contributed by atoms with Crippen LogP contribution < -0.4 is 10.1 Å². The largest absolute Gasteiger partial charge is 0.416 e. The Bertz CT molecular complexity index is 554. The Balaban J connectivity index is 2.58. The number of carbonyl (C=O) groups is 1. The Hall–Kier alpha value is -2.29. The molecule has 3 nitrogen and oxygen atoms in total. The molecule has 1 N–H and O–H groups in total. The summed E-state index contributed by atoms with van der Waals surface area (Å²) in [5.74, 6) is 0.524. The molecule has 0 saturated heterocycles. The van der Waals surface area contributed by atoms with Gasteiger partial charge in [0.1, 0.15) is 5.75 Å². The zero-order chi connectivity index (χ0) is 15.7. The number of carbonyl (C=O) groups excluding carboxylic acids is 1. The second-order valence-electron chi connectivity index (χ2n) is 4.82. The van der Waals surface area contributed by atoms with Crippen LogP contribution in [0.25, 0.3) is 0 Å². The number of benzene rings is 1. The molecule has 1 aromatic carbocycles. The molecular formula is C18H23NO2. The minimum Gasteiger partial charge on any atom is -0.410 e. The SMILES string of the molecule is CC/C=C(C)/C(C)=C/C=C(\C)NC(=O)Oc1ccccc1. The third-order valence-corrected chi connectivity index (χ3v) is 2.97. The van der Waals surface area contributed by atoms with E-state index in [0.717, 1.165) is 12.1 Å². The maximum absolute atomic E-state index is 11.7. The van der Waals surface area contributed by atoms with E-state index in [9.17, 15) is 4.79 Å². The van der Waals surface area contributed by atoms with Crippen LogP contribution in [0.1, 0.15) is 34.1 Å². The van der Waals surface area contributed by atoms with Gasteiger partial charge in [0.25, 0.3) is 0 Å². The second-order valence-corrected chi connectivity index (χ2v) is 4.82. The van der Waals surface area contributed by atoms with Gasteiger partial charge < -0.3 is 4.74 Å². The van der Waals surface area contributed by atoms with Crippen LogP contribution in [-0.2, 0) is 0 Å². The fourth-order valence-electron chi connectivity index (χ4n) is 1.67. The van der Waals surface area contributed by atoms with Crippen LogP contribution in [0.4, 0.5) is 4.79 Å². The first-order valence-corrected chi connectivity index (χ1v) is 7.09. The standard InChI is InChI=1S/C18H23NO2/c1-5-9-14(2)15(3)12-13-16(4)19-18(20)21-17-10-7-6-8-11-17/h6-13H,5H2,1-4H3,(H,19,20)/b14-9+,15-12+,16-13+. The van der Waals surface area contributed by atoms with Crippen LogP contribution in [0, 0.1) is 0 Å². The van der Waals surface area contributed by atoms with Crippen molar-refractivity contribution in [2.24, 2.45) is 0 Å². The van der Waals surface area contributed by atoms with Gasteiger partial charge >= 0.3 is 6.09 Å². The summed E-state index contributed by atoms with van der Waals surface area (Å²) in [6, 6.07) is 8.99. The molecule has 0 aliphatic rings. The fourth-order valence-corrected chi connectivity index (χ4v) is 1.67. The highest BCUT2D eigenvalue weighted by molar-refractivity contribution is 5.72. The Morgan fingerprint density at radius 1 is 1.10 bits per heavy atom. The predicted molar refractivity (Wildman–Crippen MR) is 87.2 cm³/mol. The summed E-state index contributed by atoms with van der Waals surface area (Å²) in [7, 11) is 0. The number of rotatable bonds is 5. The summed E-state index contributed by atoms with van der Waals surface area (Å²) in [5, 5.41) is 2.69. The molecule has 0 radical (unpaired) electrons. The average Bonchev–Trinajstić information content (AvgIpc) is 2.45. The smallest absolute Gasteiger partial charge is 0.410 e. The zero-order valence-electron chi connectivity index (χ0n) is 13.1. The third kappa shape index (κ3) is 6.61. The van der Waals surface area contributed by atoms with Gasteiger partial charge in [-0.2, -0.15) is 0 Å². The first-order chi connectivity index (χ1) is 10.0. The van der Waals surface area contributed by atoms with E-state index in [4.69, 9.17) is 4.74 Å². The molecule has 0 aliphatic carbocycles. The van der Waals surface area contributed by atoms with Gasteiger partial charge in [-0.3, -0.25) is 5.32 Å². The van der Waals surface area contributed by atoms with Crippen LogP contribution in [0.2, 0.25) is 0 Å². The van der Waals surface area contributed by atoms with Gasteiger partial charge in [-0.1, -0.05) is 42.8 Å². The predicted octanol–water partition coefficient (Wildman–Crippen LogP) is 4.98. The molecular weight excluding hydrogens is 262 g/mol. The summed E-state index contributed by atoms with van der Waals surface area (Å²) in [6.07, 6.45) is 6.56. The molecule has 1 aromatic rings. The lowest BCUT2D eigenvalue weighted by molar-refractivity contribution is 0.203. The van der Waals surface area contributed by atoms with Crippen molar-refractivity contribution in [1.29, 1.82) is 0 Å². The number of hydrogen-bond donors (Lipinski definition) is 1. The van der Waals surface area contributed by atoms with Gasteiger partial charge in [0, 0.05) is 5.70 Å². The molecule has 0 saturated carbocycles. The van der Waals surface area contributed by atoms with Gasteiger partial charge in [0.05, 0.1) is 0 Å². The Morgan fingerprint density at radius 3 is 2.38 bits per heavy atom. The first kappa shape index (κ1) is 16.8. The topological polar surface area (TPSA) is 38.3 Å². The van der Waals surface area contributed by atoms with E-state index in [1.807, 2.05) is 44.2 Å². The fraction of sp³-hybridized carbons (Fsp3) is 0.278. The minimum absolute atomic E-state index is 0.484. The van der Waals surface area contributed by atoms with Crippen LogP contribution in [-0.4, -0.2) is 6.09 Å². The van der Waals surface area contributed by atoms with Crippen molar-refractivity contribution >= 4 is 6.09 Å². The lowest BCUT2D eigenvalue weighted by atomic mass is 10.1. The molecule has 0 bridgehead atoms. The molecule has 0 aliphatic heterocycles. The summed E-state index contributed by atoms with van der Waals surface area (Å²) < 4.78 is 5.15. The molecule has 0 fully saturated rings. The maximum Gasteiger partial charge on any atom is 0.416 e. The molecule has 0 atom stereocenters. The Kier molecular flexibility index (Phi) is 7.02. The summed E-state index contributed by atoms with van der Waals surface area (Å²) in [5.41, 5.74) is 3.16. The van der Waals surface area contributed by atoms with Gasteiger partial charge in [0.2, 0.25) is 0 Å². The molecule has 3 heteroatoms.